The van der Waals surface area contributed by atoms with E-state index in [1.807, 2.05) is 20.8 Å². The fourth-order valence-electron chi connectivity index (χ4n) is 2.85. The molecule has 0 aliphatic carbocycles. The van der Waals surface area contributed by atoms with Gasteiger partial charge in [-0.25, -0.2) is 4.98 Å². The summed E-state index contributed by atoms with van der Waals surface area (Å²) in [6, 6.07) is 8.38. The molecule has 0 saturated carbocycles. The van der Waals surface area contributed by atoms with E-state index in [1.165, 1.54) is 5.56 Å². The Morgan fingerprint density at radius 1 is 1.25 bits per heavy atom. The largest absolute Gasteiger partial charge is 0.375 e. The quantitative estimate of drug-likeness (QED) is 0.705. The van der Waals surface area contributed by atoms with Crippen molar-refractivity contribution in [3.8, 4) is 0 Å². The number of nitrogens with zero attached hydrogens (tertiary/aromatic N) is 1. The summed E-state index contributed by atoms with van der Waals surface area (Å²) in [6.07, 6.45) is 2.24. The lowest BCUT2D eigenvalue weighted by Gasteiger charge is -2.15. The van der Waals surface area contributed by atoms with Gasteiger partial charge >= 0.3 is 0 Å². The van der Waals surface area contributed by atoms with Gasteiger partial charge in [0.25, 0.3) is 5.56 Å². The highest BCUT2D eigenvalue weighted by Crippen LogP contribution is 2.27. The summed E-state index contributed by atoms with van der Waals surface area (Å²) in [6.45, 7) is 8.20. The van der Waals surface area contributed by atoms with Gasteiger partial charge in [0.2, 0.25) is 0 Å². The second-order valence-electron chi connectivity index (χ2n) is 6.23. The van der Waals surface area contributed by atoms with Gasteiger partial charge in [0.15, 0.2) is 0 Å². The van der Waals surface area contributed by atoms with E-state index >= 15 is 0 Å². The van der Waals surface area contributed by atoms with E-state index in [0.29, 0.717) is 5.82 Å². The Morgan fingerprint density at radius 2 is 1.96 bits per heavy atom. The zero-order valence-corrected chi connectivity index (χ0v) is 15.4. The van der Waals surface area contributed by atoms with Crippen molar-refractivity contribution in [2.24, 2.45) is 0 Å². The van der Waals surface area contributed by atoms with Gasteiger partial charge in [-0.05, 0) is 50.5 Å². The SMILES string of the molecule is CCCc1ccc(N[C@@H](C)c2nc3sc(C)c(C)c3c(=O)[nH]2)cc1. The van der Waals surface area contributed by atoms with E-state index in [1.54, 1.807) is 11.3 Å². The summed E-state index contributed by atoms with van der Waals surface area (Å²) < 4.78 is 0. The number of H-pyrrole nitrogens is 1. The monoisotopic (exact) mass is 341 g/mol. The predicted octanol–water partition coefficient (Wildman–Crippen LogP) is 4.73. The lowest BCUT2D eigenvalue weighted by atomic mass is 10.1. The number of benzene rings is 1. The molecule has 5 heteroatoms. The van der Waals surface area contributed by atoms with Crippen LogP contribution in [0.4, 0.5) is 5.69 Å². The minimum absolute atomic E-state index is 0.0520. The van der Waals surface area contributed by atoms with Crippen LogP contribution in [0.3, 0.4) is 0 Å². The molecule has 0 bridgehead atoms. The van der Waals surface area contributed by atoms with Gasteiger partial charge in [-0.2, -0.15) is 0 Å². The first-order valence-corrected chi connectivity index (χ1v) is 9.16. The van der Waals surface area contributed by atoms with E-state index in [4.69, 9.17) is 0 Å². The number of aryl methyl sites for hydroxylation is 3. The number of rotatable bonds is 5. The molecule has 1 aromatic carbocycles. The van der Waals surface area contributed by atoms with Crippen molar-refractivity contribution in [3.05, 3.63) is 56.4 Å². The first-order valence-electron chi connectivity index (χ1n) is 8.35. The molecule has 126 valence electrons. The van der Waals surface area contributed by atoms with Crippen molar-refractivity contribution >= 4 is 27.2 Å². The van der Waals surface area contributed by atoms with Gasteiger partial charge in [0, 0.05) is 10.6 Å². The van der Waals surface area contributed by atoms with Crippen LogP contribution >= 0.6 is 11.3 Å². The number of anilines is 1. The van der Waals surface area contributed by atoms with Gasteiger partial charge in [0.05, 0.1) is 11.4 Å². The smallest absolute Gasteiger partial charge is 0.259 e. The molecule has 0 amide bonds. The van der Waals surface area contributed by atoms with Crippen LogP contribution in [-0.2, 0) is 6.42 Å². The Bertz CT molecular complexity index is 909. The van der Waals surface area contributed by atoms with Gasteiger partial charge < -0.3 is 10.3 Å². The molecule has 3 rings (SSSR count). The molecule has 0 fully saturated rings. The normalized spacial score (nSPS) is 12.5. The van der Waals surface area contributed by atoms with Gasteiger partial charge in [-0.15, -0.1) is 11.3 Å². The summed E-state index contributed by atoms with van der Waals surface area (Å²) in [7, 11) is 0. The number of nitrogens with one attached hydrogen (secondary N) is 2. The van der Waals surface area contributed by atoms with Crippen LogP contribution in [0, 0.1) is 13.8 Å². The topological polar surface area (TPSA) is 57.8 Å². The maximum Gasteiger partial charge on any atom is 0.259 e. The number of hydrogen-bond acceptors (Lipinski definition) is 4. The van der Waals surface area contributed by atoms with E-state index in [9.17, 15) is 4.79 Å². The number of aromatic nitrogens is 2. The molecule has 0 aliphatic heterocycles. The van der Waals surface area contributed by atoms with Crippen LogP contribution in [-0.4, -0.2) is 9.97 Å². The van der Waals surface area contributed by atoms with Crippen LogP contribution in [0.1, 0.15) is 48.1 Å². The highest BCUT2D eigenvalue weighted by atomic mass is 32.1. The van der Waals surface area contributed by atoms with E-state index in [-0.39, 0.29) is 11.6 Å². The van der Waals surface area contributed by atoms with Crippen LogP contribution in [0.25, 0.3) is 10.2 Å². The minimum Gasteiger partial charge on any atom is -0.375 e. The fraction of sp³-hybridized carbons (Fsp3) is 0.368. The molecular weight excluding hydrogens is 318 g/mol. The Balaban J connectivity index is 1.85. The standard InChI is InChI=1S/C19H23N3OS/c1-5-6-14-7-9-15(10-8-14)20-12(3)17-21-18(23)16-11(2)13(4)24-19(16)22-17/h7-10,12,20H,5-6H2,1-4H3,(H,21,22,23)/t12-/m0/s1. The summed E-state index contributed by atoms with van der Waals surface area (Å²) in [5.41, 5.74) is 3.35. The van der Waals surface area contributed by atoms with Gasteiger partial charge in [0.1, 0.15) is 10.7 Å². The summed E-state index contributed by atoms with van der Waals surface area (Å²) in [5.74, 6) is 0.673. The first kappa shape index (κ1) is 16.7. The number of aromatic amines is 1. The molecule has 0 unspecified atom stereocenters. The lowest BCUT2D eigenvalue weighted by Crippen LogP contribution is -2.17. The average molecular weight is 341 g/mol. The fourth-order valence-corrected chi connectivity index (χ4v) is 3.89. The molecule has 0 aliphatic rings. The summed E-state index contributed by atoms with van der Waals surface area (Å²) >= 11 is 1.58. The molecule has 2 aromatic heterocycles. The minimum atomic E-state index is -0.0677. The highest BCUT2D eigenvalue weighted by Gasteiger charge is 2.15. The molecule has 2 heterocycles. The van der Waals surface area contributed by atoms with Gasteiger partial charge in [-0.1, -0.05) is 25.5 Å². The second-order valence-corrected chi connectivity index (χ2v) is 7.43. The number of thiophene rings is 1. The van der Waals surface area contributed by atoms with Crippen LogP contribution < -0.4 is 10.9 Å². The Morgan fingerprint density at radius 3 is 2.62 bits per heavy atom. The molecule has 0 radical (unpaired) electrons. The third kappa shape index (κ3) is 3.22. The maximum atomic E-state index is 12.4. The van der Waals surface area contributed by atoms with Crippen molar-refractivity contribution in [2.45, 2.75) is 46.6 Å². The van der Waals surface area contributed by atoms with Crippen molar-refractivity contribution in [1.29, 1.82) is 0 Å². The van der Waals surface area contributed by atoms with Crippen molar-refractivity contribution < 1.29 is 0 Å². The zero-order valence-electron chi connectivity index (χ0n) is 14.6. The molecule has 1 atom stereocenters. The Labute approximate surface area is 146 Å². The lowest BCUT2D eigenvalue weighted by molar-refractivity contribution is 0.792. The third-order valence-corrected chi connectivity index (χ3v) is 5.44. The molecular formula is C19H23N3OS. The molecule has 2 N–H and O–H groups in total. The third-order valence-electron chi connectivity index (χ3n) is 4.34. The van der Waals surface area contributed by atoms with Gasteiger partial charge in [-0.3, -0.25) is 4.79 Å². The predicted molar refractivity (Wildman–Crippen MR) is 102 cm³/mol. The zero-order chi connectivity index (χ0) is 17.3. The van der Waals surface area contributed by atoms with E-state index < -0.39 is 0 Å². The van der Waals surface area contributed by atoms with E-state index in [2.05, 4.69) is 46.5 Å². The van der Waals surface area contributed by atoms with Crippen molar-refractivity contribution in [1.82, 2.24) is 9.97 Å². The number of hydrogen-bond donors (Lipinski definition) is 2. The Hall–Kier alpha value is -2.14. The molecule has 3 aromatic rings. The van der Waals surface area contributed by atoms with Crippen LogP contribution in [0.15, 0.2) is 29.1 Å². The van der Waals surface area contributed by atoms with Crippen molar-refractivity contribution in [2.75, 3.05) is 5.32 Å². The van der Waals surface area contributed by atoms with Crippen LogP contribution in [0.5, 0.6) is 0 Å². The summed E-state index contributed by atoms with van der Waals surface area (Å²) in [4.78, 5) is 21.9. The van der Waals surface area contributed by atoms with E-state index in [0.717, 1.165) is 39.2 Å². The second kappa shape index (κ2) is 6.77. The molecule has 0 spiro atoms. The molecule has 4 nitrogen and oxygen atoms in total. The maximum absolute atomic E-state index is 12.4. The Kier molecular flexibility index (Phi) is 4.71. The first-order chi connectivity index (χ1) is 11.5. The summed E-state index contributed by atoms with van der Waals surface area (Å²) in [5, 5.41) is 4.13. The molecule has 24 heavy (non-hydrogen) atoms. The number of fused-ring (bicyclic) bond motifs is 1. The van der Waals surface area contributed by atoms with Crippen molar-refractivity contribution in [3.63, 3.8) is 0 Å². The molecule has 0 saturated heterocycles. The highest BCUT2D eigenvalue weighted by molar-refractivity contribution is 7.18. The van der Waals surface area contributed by atoms with Crippen LogP contribution in [0.2, 0.25) is 0 Å². The average Bonchev–Trinajstić information content (AvgIpc) is 2.84.